The Morgan fingerprint density at radius 3 is 3.07 bits per heavy atom. The molecule has 0 saturated heterocycles. The molecule has 0 saturated carbocycles. The van der Waals surface area contributed by atoms with Gasteiger partial charge in [-0.05, 0) is 19.9 Å². The molecule has 0 aromatic carbocycles. The predicted molar refractivity (Wildman–Crippen MR) is 57.6 cm³/mol. The fraction of sp³-hybridized carbons (Fsp3) is 0.700. The van der Waals surface area contributed by atoms with Crippen LogP contribution in [0.2, 0.25) is 5.15 Å². The van der Waals surface area contributed by atoms with Crippen LogP contribution in [0.4, 0.5) is 0 Å². The molecule has 0 bridgehead atoms. The molecule has 0 aliphatic carbocycles. The fourth-order valence-electron chi connectivity index (χ4n) is 1.96. The van der Waals surface area contributed by atoms with Crippen LogP contribution in [0.3, 0.4) is 0 Å². The molecule has 2 heterocycles. The van der Waals surface area contributed by atoms with E-state index in [9.17, 15) is 0 Å². The van der Waals surface area contributed by atoms with E-state index in [1.54, 1.807) is 0 Å². The molecule has 0 atom stereocenters. The standard InChI is InChI=1S/C10H16ClN3/c1-12-7-8-10(11)14-6-4-2-3-5-9(14)13-8/h12H,2-7H2,1H3. The lowest BCUT2D eigenvalue weighted by molar-refractivity contribution is 0.633. The summed E-state index contributed by atoms with van der Waals surface area (Å²) < 4.78 is 2.17. The van der Waals surface area contributed by atoms with Crippen LogP contribution in [-0.4, -0.2) is 16.6 Å². The van der Waals surface area contributed by atoms with Gasteiger partial charge in [-0.15, -0.1) is 0 Å². The van der Waals surface area contributed by atoms with Gasteiger partial charge in [-0.1, -0.05) is 18.0 Å². The summed E-state index contributed by atoms with van der Waals surface area (Å²) in [5.74, 6) is 1.16. The van der Waals surface area contributed by atoms with Gasteiger partial charge in [0.25, 0.3) is 0 Å². The Morgan fingerprint density at radius 2 is 2.29 bits per heavy atom. The largest absolute Gasteiger partial charge is 0.319 e. The van der Waals surface area contributed by atoms with Gasteiger partial charge in [0.2, 0.25) is 0 Å². The van der Waals surface area contributed by atoms with Crippen molar-refractivity contribution < 1.29 is 0 Å². The molecule has 4 heteroatoms. The Kier molecular flexibility index (Phi) is 3.08. The van der Waals surface area contributed by atoms with Crippen LogP contribution < -0.4 is 5.32 Å². The first kappa shape index (κ1) is 9.99. The molecule has 0 fully saturated rings. The number of nitrogens with one attached hydrogen (secondary N) is 1. The lowest BCUT2D eigenvalue weighted by Crippen LogP contribution is -2.06. The SMILES string of the molecule is CNCc1nc2n(c1Cl)CCCCC2. The second-order valence-electron chi connectivity index (χ2n) is 3.76. The van der Waals surface area contributed by atoms with Gasteiger partial charge in [0, 0.05) is 19.5 Å². The minimum atomic E-state index is 0.763. The molecule has 0 unspecified atom stereocenters. The van der Waals surface area contributed by atoms with E-state index in [0.29, 0.717) is 0 Å². The van der Waals surface area contributed by atoms with Gasteiger partial charge in [-0.25, -0.2) is 4.98 Å². The van der Waals surface area contributed by atoms with E-state index >= 15 is 0 Å². The first-order chi connectivity index (χ1) is 6.83. The lowest BCUT2D eigenvalue weighted by atomic mass is 10.2. The first-order valence-corrected chi connectivity index (χ1v) is 5.59. The highest BCUT2D eigenvalue weighted by molar-refractivity contribution is 6.30. The third-order valence-corrected chi connectivity index (χ3v) is 3.10. The van der Waals surface area contributed by atoms with E-state index in [4.69, 9.17) is 11.6 Å². The zero-order valence-corrected chi connectivity index (χ0v) is 9.27. The Hall–Kier alpha value is -0.540. The van der Waals surface area contributed by atoms with E-state index < -0.39 is 0 Å². The number of aromatic nitrogens is 2. The number of nitrogens with zero attached hydrogens (tertiary/aromatic N) is 2. The van der Waals surface area contributed by atoms with Gasteiger partial charge in [0.05, 0.1) is 5.69 Å². The summed E-state index contributed by atoms with van der Waals surface area (Å²) in [6.07, 6.45) is 4.83. The van der Waals surface area contributed by atoms with Crippen LogP contribution in [-0.2, 0) is 19.5 Å². The number of aryl methyl sites for hydroxylation is 1. The van der Waals surface area contributed by atoms with Gasteiger partial charge in [-0.3, -0.25) is 0 Å². The van der Waals surface area contributed by atoms with Crippen molar-refractivity contribution in [1.29, 1.82) is 0 Å². The highest BCUT2D eigenvalue weighted by atomic mass is 35.5. The van der Waals surface area contributed by atoms with E-state index in [2.05, 4.69) is 14.9 Å². The molecule has 0 spiro atoms. The third-order valence-electron chi connectivity index (χ3n) is 2.68. The molecule has 1 aliphatic heterocycles. The average molecular weight is 214 g/mol. The quantitative estimate of drug-likeness (QED) is 0.815. The summed E-state index contributed by atoms with van der Waals surface area (Å²) in [6, 6.07) is 0. The summed E-state index contributed by atoms with van der Waals surface area (Å²) in [5, 5.41) is 3.92. The number of fused-ring (bicyclic) bond motifs is 1. The minimum Gasteiger partial charge on any atom is -0.319 e. The van der Waals surface area contributed by atoms with Crippen molar-refractivity contribution in [3.8, 4) is 0 Å². The average Bonchev–Trinajstić information content (AvgIpc) is 2.41. The van der Waals surface area contributed by atoms with Crippen LogP contribution in [0.5, 0.6) is 0 Å². The number of hydrogen-bond donors (Lipinski definition) is 1. The number of halogens is 1. The molecular formula is C10H16ClN3. The van der Waals surface area contributed by atoms with Crippen molar-refractivity contribution in [2.45, 2.75) is 38.8 Å². The van der Waals surface area contributed by atoms with Crippen molar-refractivity contribution in [1.82, 2.24) is 14.9 Å². The van der Waals surface area contributed by atoms with Gasteiger partial charge >= 0.3 is 0 Å². The third kappa shape index (κ3) is 1.79. The summed E-state index contributed by atoms with van der Waals surface area (Å²) in [4.78, 5) is 4.57. The van der Waals surface area contributed by atoms with E-state index in [0.717, 1.165) is 36.2 Å². The van der Waals surface area contributed by atoms with Crippen molar-refractivity contribution in [3.05, 3.63) is 16.7 Å². The maximum Gasteiger partial charge on any atom is 0.133 e. The summed E-state index contributed by atoms with van der Waals surface area (Å²) in [7, 11) is 1.92. The molecule has 1 N–H and O–H groups in total. The minimum absolute atomic E-state index is 0.763. The Bertz CT molecular complexity index is 319. The van der Waals surface area contributed by atoms with Crippen molar-refractivity contribution in [2.75, 3.05) is 7.05 Å². The molecule has 78 valence electrons. The van der Waals surface area contributed by atoms with E-state index in [-0.39, 0.29) is 0 Å². The Morgan fingerprint density at radius 1 is 1.43 bits per heavy atom. The molecule has 1 aliphatic rings. The molecule has 1 aromatic heterocycles. The fourth-order valence-corrected chi connectivity index (χ4v) is 2.25. The predicted octanol–water partition coefficient (Wildman–Crippen LogP) is 1.98. The monoisotopic (exact) mass is 213 g/mol. The molecular weight excluding hydrogens is 198 g/mol. The normalized spacial score (nSPS) is 16.4. The van der Waals surface area contributed by atoms with Crippen LogP contribution in [0.25, 0.3) is 0 Å². The highest BCUT2D eigenvalue weighted by Gasteiger charge is 2.16. The zero-order valence-electron chi connectivity index (χ0n) is 8.52. The van der Waals surface area contributed by atoms with Gasteiger partial charge < -0.3 is 9.88 Å². The topological polar surface area (TPSA) is 29.9 Å². The first-order valence-electron chi connectivity index (χ1n) is 5.21. The summed E-state index contributed by atoms with van der Waals surface area (Å²) in [5.41, 5.74) is 0.992. The summed E-state index contributed by atoms with van der Waals surface area (Å²) in [6.45, 7) is 1.80. The van der Waals surface area contributed by atoms with Crippen molar-refractivity contribution in [2.24, 2.45) is 0 Å². The summed E-state index contributed by atoms with van der Waals surface area (Å²) >= 11 is 6.25. The van der Waals surface area contributed by atoms with Crippen LogP contribution in [0.15, 0.2) is 0 Å². The van der Waals surface area contributed by atoms with Gasteiger partial charge in [0.1, 0.15) is 11.0 Å². The number of hydrogen-bond acceptors (Lipinski definition) is 2. The maximum atomic E-state index is 6.25. The van der Waals surface area contributed by atoms with Gasteiger partial charge in [-0.2, -0.15) is 0 Å². The molecule has 1 aromatic rings. The molecule has 2 rings (SSSR count). The Balaban J connectivity index is 2.30. The number of imidazole rings is 1. The molecule has 0 amide bonds. The van der Waals surface area contributed by atoms with Crippen molar-refractivity contribution >= 4 is 11.6 Å². The maximum absolute atomic E-state index is 6.25. The Labute approximate surface area is 89.5 Å². The van der Waals surface area contributed by atoms with Crippen molar-refractivity contribution in [3.63, 3.8) is 0 Å². The van der Waals surface area contributed by atoms with Crippen LogP contribution in [0.1, 0.15) is 30.8 Å². The zero-order chi connectivity index (χ0) is 9.97. The van der Waals surface area contributed by atoms with Crippen LogP contribution in [0, 0.1) is 0 Å². The van der Waals surface area contributed by atoms with E-state index in [1.807, 2.05) is 7.05 Å². The second-order valence-corrected chi connectivity index (χ2v) is 4.12. The van der Waals surface area contributed by atoms with Gasteiger partial charge in [0.15, 0.2) is 0 Å². The molecule has 0 radical (unpaired) electrons. The molecule has 3 nitrogen and oxygen atoms in total. The lowest BCUT2D eigenvalue weighted by Gasteiger charge is -2.03. The smallest absolute Gasteiger partial charge is 0.133 e. The second kappa shape index (κ2) is 4.32. The van der Waals surface area contributed by atoms with Crippen LogP contribution >= 0.6 is 11.6 Å². The molecule has 14 heavy (non-hydrogen) atoms. The van der Waals surface area contributed by atoms with E-state index in [1.165, 1.54) is 19.3 Å². The highest BCUT2D eigenvalue weighted by Crippen LogP contribution is 2.23. The number of rotatable bonds is 2.